The van der Waals surface area contributed by atoms with E-state index in [1.54, 1.807) is 0 Å². The molecule has 2 N–H and O–H groups in total. The first-order chi connectivity index (χ1) is 5.24. The number of hydrogen-bond donors (Lipinski definition) is 1. The fraction of sp³-hybridized carbons (Fsp3) is 0.875. The molecule has 3 unspecified atom stereocenters. The summed E-state index contributed by atoms with van der Waals surface area (Å²) in [6.07, 6.45) is 4.27. The highest BCUT2D eigenvalue weighted by molar-refractivity contribution is 5.38. The molecule has 0 radical (unpaired) electrons. The quantitative estimate of drug-likeness (QED) is 0.588. The Bertz CT molecular complexity index is 183. The SMILES string of the molecule is NC12CCC(CC1OC=O)C2. The summed E-state index contributed by atoms with van der Waals surface area (Å²) in [5, 5.41) is 0. The van der Waals surface area contributed by atoms with Crippen LogP contribution in [0.2, 0.25) is 0 Å². The summed E-state index contributed by atoms with van der Waals surface area (Å²) in [6.45, 7) is 0.528. The van der Waals surface area contributed by atoms with Crippen molar-refractivity contribution in [3.05, 3.63) is 0 Å². The van der Waals surface area contributed by atoms with Crippen molar-refractivity contribution in [3.8, 4) is 0 Å². The number of carbonyl (C=O) groups is 1. The van der Waals surface area contributed by atoms with Crippen molar-refractivity contribution >= 4 is 6.47 Å². The molecule has 2 rings (SSSR count). The lowest BCUT2D eigenvalue weighted by Gasteiger charge is -2.29. The second-order valence-electron chi connectivity index (χ2n) is 3.80. The largest absolute Gasteiger partial charge is 0.463 e. The molecule has 2 bridgehead atoms. The molecule has 0 saturated heterocycles. The normalized spacial score (nSPS) is 47.7. The van der Waals surface area contributed by atoms with E-state index < -0.39 is 0 Å². The van der Waals surface area contributed by atoms with Gasteiger partial charge in [0.25, 0.3) is 6.47 Å². The van der Waals surface area contributed by atoms with Gasteiger partial charge in [-0.25, -0.2) is 0 Å². The molecular weight excluding hydrogens is 142 g/mol. The average Bonchev–Trinajstić information content (AvgIpc) is 2.44. The third-order valence-electron chi connectivity index (χ3n) is 3.10. The van der Waals surface area contributed by atoms with Crippen LogP contribution < -0.4 is 5.73 Å². The van der Waals surface area contributed by atoms with Gasteiger partial charge in [-0.15, -0.1) is 0 Å². The van der Waals surface area contributed by atoms with Crippen LogP contribution in [0.5, 0.6) is 0 Å². The fourth-order valence-corrected chi connectivity index (χ4v) is 2.50. The average molecular weight is 155 g/mol. The Hall–Kier alpha value is -0.570. The molecule has 0 aromatic rings. The summed E-state index contributed by atoms with van der Waals surface area (Å²) in [7, 11) is 0. The number of nitrogens with two attached hydrogens (primary N) is 1. The molecule has 3 heteroatoms. The molecule has 3 atom stereocenters. The highest BCUT2D eigenvalue weighted by atomic mass is 16.5. The molecule has 0 aromatic heterocycles. The zero-order valence-electron chi connectivity index (χ0n) is 6.45. The monoisotopic (exact) mass is 155 g/mol. The minimum Gasteiger partial charge on any atom is -0.463 e. The lowest BCUT2D eigenvalue weighted by atomic mass is 9.92. The summed E-state index contributed by atoms with van der Waals surface area (Å²) in [5.74, 6) is 0.713. The van der Waals surface area contributed by atoms with Crippen molar-refractivity contribution in [1.82, 2.24) is 0 Å². The van der Waals surface area contributed by atoms with Gasteiger partial charge in [0.15, 0.2) is 0 Å². The summed E-state index contributed by atoms with van der Waals surface area (Å²) in [6, 6.07) is 0. The topological polar surface area (TPSA) is 52.3 Å². The van der Waals surface area contributed by atoms with E-state index in [1.807, 2.05) is 0 Å². The summed E-state index contributed by atoms with van der Waals surface area (Å²) in [5.41, 5.74) is 5.87. The van der Waals surface area contributed by atoms with Crippen LogP contribution in [0.1, 0.15) is 25.7 Å². The third kappa shape index (κ3) is 0.948. The minimum atomic E-state index is -0.175. The predicted molar refractivity (Wildman–Crippen MR) is 39.8 cm³/mol. The minimum absolute atomic E-state index is 0.00116. The van der Waals surface area contributed by atoms with Crippen molar-refractivity contribution in [2.45, 2.75) is 37.3 Å². The van der Waals surface area contributed by atoms with Gasteiger partial charge in [0.1, 0.15) is 6.10 Å². The highest BCUT2D eigenvalue weighted by Crippen LogP contribution is 2.47. The summed E-state index contributed by atoms with van der Waals surface area (Å²) in [4.78, 5) is 10.1. The molecule has 11 heavy (non-hydrogen) atoms. The fourth-order valence-electron chi connectivity index (χ4n) is 2.50. The Morgan fingerprint density at radius 3 is 2.91 bits per heavy atom. The van der Waals surface area contributed by atoms with Gasteiger partial charge < -0.3 is 10.5 Å². The van der Waals surface area contributed by atoms with Gasteiger partial charge >= 0.3 is 0 Å². The predicted octanol–water partition coefficient (Wildman–Crippen LogP) is 0.429. The number of rotatable bonds is 2. The van der Waals surface area contributed by atoms with Crippen LogP contribution in [0, 0.1) is 5.92 Å². The number of ether oxygens (including phenoxy) is 1. The molecule has 0 heterocycles. The number of hydrogen-bond acceptors (Lipinski definition) is 3. The van der Waals surface area contributed by atoms with E-state index in [2.05, 4.69) is 0 Å². The molecule has 2 fully saturated rings. The van der Waals surface area contributed by atoms with Crippen LogP contribution in [0.3, 0.4) is 0 Å². The highest BCUT2D eigenvalue weighted by Gasteiger charge is 2.50. The van der Waals surface area contributed by atoms with E-state index in [0.717, 1.165) is 19.3 Å². The molecular formula is C8H13NO2. The zero-order chi connectivity index (χ0) is 7.90. The van der Waals surface area contributed by atoms with Gasteiger partial charge in [0.05, 0.1) is 5.54 Å². The second kappa shape index (κ2) is 2.21. The van der Waals surface area contributed by atoms with Crippen LogP contribution in [0.15, 0.2) is 0 Å². The van der Waals surface area contributed by atoms with Crippen molar-refractivity contribution in [2.24, 2.45) is 11.7 Å². The zero-order valence-corrected chi connectivity index (χ0v) is 6.45. The van der Waals surface area contributed by atoms with Gasteiger partial charge in [-0.1, -0.05) is 0 Å². The Kier molecular flexibility index (Phi) is 1.42. The maximum Gasteiger partial charge on any atom is 0.293 e. The van der Waals surface area contributed by atoms with Gasteiger partial charge in [0, 0.05) is 0 Å². The van der Waals surface area contributed by atoms with E-state index in [1.165, 1.54) is 6.42 Å². The molecule has 0 aromatic carbocycles. The Balaban J connectivity index is 2.08. The Morgan fingerprint density at radius 2 is 2.45 bits per heavy atom. The van der Waals surface area contributed by atoms with E-state index in [-0.39, 0.29) is 11.6 Å². The van der Waals surface area contributed by atoms with E-state index in [0.29, 0.717) is 12.4 Å². The second-order valence-corrected chi connectivity index (χ2v) is 3.80. The Labute approximate surface area is 65.9 Å². The molecule has 62 valence electrons. The first kappa shape index (κ1) is 7.10. The molecule has 0 aliphatic heterocycles. The first-order valence-electron chi connectivity index (χ1n) is 4.12. The molecule has 3 nitrogen and oxygen atoms in total. The van der Waals surface area contributed by atoms with Crippen LogP contribution >= 0.6 is 0 Å². The summed E-state index contributed by atoms with van der Waals surface area (Å²) >= 11 is 0. The van der Waals surface area contributed by atoms with Crippen molar-refractivity contribution in [3.63, 3.8) is 0 Å². The van der Waals surface area contributed by atoms with Gasteiger partial charge in [-0.2, -0.15) is 0 Å². The van der Waals surface area contributed by atoms with Crippen molar-refractivity contribution < 1.29 is 9.53 Å². The first-order valence-corrected chi connectivity index (χ1v) is 4.12. The van der Waals surface area contributed by atoms with Gasteiger partial charge in [-0.3, -0.25) is 4.79 Å². The van der Waals surface area contributed by atoms with Crippen LogP contribution in [0.4, 0.5) is 0 Å². The Morgan fingerprint density at radius 1 is 1.64 bits per heavy atom. The molecule has 2 aliphatic carbocycles. The van der Waals surface area contributed by atoms with E-state index in [4.69, 9.17) is 10.5 Å². The van der Waals surface area contributed by atoms with Crippen LogP contribution in [-0.2, 0) is 9.53 Å². The lowest BCUT2D eigenvalue weighted by Crippen LogP contribution is -2.47. The molecule has 2 aliphatic rings. The van der Waals surface area contributed by atoms with Gasteiger partial charge in [-0.05, 0) is 31.6 Å². The van der Waals surface area contributed by atoms with Gasteiger partial charge in [0.2, 0.25) is 0 Å². The van der Waals surface area contributed by atoms with Crippen LogP contribution in [-0.4, -0.2) is 18.1 Å². The molecule has 0 amide bonds. The summed E-state index contributed by atoms with van der Waals surface area (Å²) < 4.78 is 4.93. The van der Waals surface area contributed by atoms with Crippen molar-refractivity contribution in [1.29, 1.82) is 0 Å². The van der Waals surface area contributed by atoms with E-state index >= 15 is 0 Å². The molecule has 0 spiro atoms. The lowest BCUT2D eigenvalue weighted by molar-refractivity contribution is -0.136. The molecule has 2 saturated carbocycles. The maximum atomic E-state index is 10.1. The number of fused-ring (bicyclic) bond motifs is 2. The smallest absolute Gasteiger partial charge is 0.293 e. The number of carbonyl (C=O) groups excluding carboxylic acids is 1. The standard InChI is InChI=1S/C8H13NO2/c9-8-2-1-6(4-8)3-7(8)11-5-10/h5-7H,1-4,9H2. The third-order valence-corrected chi connectivity index (χ3v) is 3.10. The van der Waals surface area contributed by atoms with Crippen molar-refractivity contribution in [2.75, 3.05) is 0 Å². The maximum absolute atomic E-state index is 10.1. The van der Waals surface area contributed by atoms with E-state index in [9.17, 15) is 4.79 Å². The van der Waals surface area contributed by atoms with Crippen LogP contribution in [0.25, 0.3) is 0 Å².